The molecule has 0 aliphatic rings. The molecule has 0 saturated carbocycles. The molecule has 3 heteroatoms. The third-order valence-corrected chi connectivity index (χ3v) is 4.46. The van der Waals surface area contributed by atoms with E-state index in [0.717, 1.165) is 18.6 Å². The van der Waals surface area contributed by atoms with Gasteiger partial charge in [0.1, 0.15) is 0 Å². The lowest BCUT2D eigenvalue weighted by Gasteiger charge is -2.13. The van der Waals surface area contributed by atoms with E-state index in [4.69, 9.17) is 0 Å². The van der Waals surface area contributed by atoms with Crippen LogP contribution in [0.5, 0.6) is 0 Å². The predicted octanol–water partition coefficient (Wildman–Crippen LogP) is 4.06. The molecule has 1 N–H and O–H groups in total. The van der Waals surface area contributed by atoms with Crippen molar-refractivity contribution in [2.45, 2.75) is 31.6 Å². The van der Waals surface area contributed by atoms with Crippen LogP contribution >= 0.6 is 11.8 Å². The van der Waals surface area contributed by atoms with Gasteiger partial charge < -0.3 is 5.32 Å². The van der Waals surface area contributed by atoms with Crippen LogP contribution in [0.1, 0.15) is 24.5 Å². The van der Waals surface area contributed by atoms with E-state index in [2.05, 4.69) is 48.6 Å². The number of amides is 1. The molecule has 116 valence electrons. The lowest BCUT2D eigenvalue weighted by molar-refractivity contribution is -0.119. The second-order valence-electron chi connectivity index (χ2n) is 5.47. The second kappa shape index (κ2) is 9.31. The summed E-state index contributed by atoms with van der Waals surface area (Å²) in [5.74, 6) is 1.53. The SMILES string of the molecule is C[C@@H](CCc1ccccc1)NC(=O)CSCc1ccccc1. The van der Waals surface area contributed by atoms with Crippen LogP contribution in [0.3, 0.4) is 0 Å². The fourth-order valence-corrected chi connectivity index (χ4v) is 3.05. The lowest BCUT2D eigenvalue weighted by atomic mass is 10.1. The van der Waals surface area contributed by atoms with Crippen molar-refractivity contribution < 1.29 is 4.79 Å². The van der Waals surface area contributed by atoms with Gasteiger partial charge in [0.2, 0.25) is 5.91 Å². The summed E-state index contributed by atoms with van der Waals surface area (Å²) in [4.78, 5) is 11.9. The third-order valence-electron chi connectivity index (χ3n) is 3.46. The Morgan fingerprint density at radius 1 is 1.00 bits per heavy atom. The molecule has 0 aliphatic heterocycles. The molecule has 0 aliphatic carbocycles. The van der Waals surface area contributed by atoms with Crippen molar-refractivity contribution in [1.29, 1.82) is 0 Å². The van der Waals surface area contributed by atoms with E-state index in [0.29, 0.717) is 5.75 Å². The zero-order valence-corrected chi connectivity index (χ0v) is 13.8. The first-order valence-corrected chi connectivity index (χ1v) is 8.84. The number of nitrogens with one attached hydrogen (secondary N) is 1. The highest BCUT2D eigenvalue weighted by molar-refractivity contribution is 7.99. The average Bonchev–Trinajstić information content (AvgIpc) is 2.55. The van der Waals surface area contributed by atoms with Crippen LogP contribution in [0.4, 0.5) is 0 Å². The van der Waals surface area contributed by atoms with Gasteiger partial charge in [-0.2, -0.15) is 0 Å². The first kappa shape index (κ1) is 16.6. The molecular weight excluding hydrogens is 290 g/mol. The maximum atomic E-state index is 11.9. The van der Waals surface area contributed by atoms with Crippen LogP contribution in [0, 0.1) is 0 Å². The van der Waals surface area contributed by atoms with Gasteiger partial charge in [-0.3, -0.25) is 4.79 Å². The summed E-state index contributed by atoms with van der Waals surface area (Å²) in [6.07, 6.45) is 1.97. The number of hydrogen-bond acceptors (Lipinski definition) is 2. The number of thioether (sulfide) groups is 1. The van der Waals surface area contributed by atoms with E-state index in [1.54, 1.807) is 11.8 Å². The lowest BCUT2D eigenvalue weighted by Crippen LogP contribution is -2.34. The molecule has 22 heavy (non-hydrogen) atoms. The number of rotatable bonds is 8. The summed E-state index contributed by atoms with van der Waals surface area (Å²) < 4.78 is 0. The van der Waals surface area contributed by atoms with Crippen LogP contribution in [0.15, 0.2) is 60.7 Å². The Balaban J connectivity index is 1.62. The van der Waals surface area contributed by atoms with Crippen molar-refractivity contribution in [3.05, 3.63) is 71.8 Å². The number of benzene rings is 2. The Kier molecular flexibility index (Phi) is 7.04. The van der Waals surface area contributed by atoms with Gasteiger partial charge in [-0.25, -0.2) is 0 Å². The maximum absolute atomic E-state index is 11.9. The summed E-state index contributed by atoms with van der Waals surface area (Å²) in [5.41, 5.74) is 2.58. The van der Waals surface area contributed by atoms with Crippen molar-refractivity contribution >= 4 is 17.7 Å². The molecule has 2 nitrogen and oxygen atoms in total. The van der Waals surface area contributed by atoms with Gasteiger partial charge >= 0.3 is 0 Å². The molecule has 0 fully saturated rings. The molecule has 0 saturated heterocycles. The smallest absolute Gasteiger partial charge is 0.230 e. The van der Waals surface area contributed by atoms with E-state index < -0.39 is 0 Å². The zero-order chi connectivity index (χ0) is 15.6. The Morgan fingerprint density at radius 3 is 2.23 bits per heavy atom. The molecule has 2 aromatic carbocycles. The van der Waals surface area contributed by atoms with Gasteiger partial charge in [-0.1, -0.05) is 60.7 Å². The monoisotopic (exact) mass is 313 g/mol. The minimum Gasteiger partial charge on any atom is -0.353 e. The summed E-state index contributed by atoms with van der Waals surface area (Å²) >= 11 is 1.66. The first-order valence-electron chi connectivity index (χ1n) is 7.69. The Hall–Kier alpha value is -1.74. The van der Waals surface area contributed by atoms with Crippen molar-refractivity contribution in [2.75, 3.05) is 5.75 Å². The summed E-state index contributed by atoms with van der Waals surface area (Å²) in [7, 11) is 0. The topological polar surface area (TPSA) is 29.1 Å². The standard InChI is InChI=1S/C19H23NOS/c1-16(12-13-17-8-4-2-5-9-17)20-19(21)15-22-14-18-10-6-3-7-11-18/h2-11,16H,12-15H2,1H3,(H,20,21)/t16-/m0/s1. The van der Waals surface area contributed by atoms with E-state index in [-0.39, 0.29) is 11.9 Å². The molecule has 2 aromatic rings. The zero-order valence-electron chi connectivity index (χ0n) is 13.0. The van der Waals surface area contributed by atoms with Crippen molar-refractivity contribution in [3.63, 3.8) is 0 Å². The quantitative estimate of drug-likeness (QED) is 0.796. The van der Waals surface area contributed by atoms with Crippen molar-refractivity contribution in [1.82, 2.24) is 5.32 Å². The van der Waals surface area contributed by atoms with Crippen LogP contribution in [-0.2, 0) is 17.0 Å². The molecular formula is C19H23NOS. The molecule has 0 spiro atoms. The predicted molar refractivity (Wildman–Crippen MR) is 95.0 cm³/mol. The molecule has 2 rings (SSSR count). The summed E-state index contributed by atoms with van der Waals surface area (Å²) in [6, 6.07) is 20.9. The van der Waals surface area contributed by atoms with Crippen LogP contribution in [-0.4, -0.2) is 17.7 Å². The molecule has 0 bridgehead atoms. The fourth-order valence-electron chi connectivity index (χ4n) is 2.25. The minimum atomic E-state index is 0.126. The normalized spacial score (nSPS) is 11.9. The van der Waals surface area contributed by atoms with Gasteiger partial charge in [0.25, 0.3) is 0 Å². The van der Waals surface area contributed by atoms with Crippen LogP contribution in [0.2, 0.25) is 0 Å². The third kappa shape index (κ3) is 6.35. The molecule has 0 unspecified atom stereocenters. The molecule has 0 radical (unpaired) electrons. The van der Waals surface area contributed by atoms with Gasteiger partial charge in [-0.05, 0) is 30.9 Å². The number of carbonyl (C=O) groups excluding carboxylic acids is 1. The van der Waals surface area contributed by atoms with Crippen molar-refractivity contribution in [2.24, 2.45) is 0 Å². The molecule has 1 amide bonds. The summed E-state index contributed by atoms with van der Waals surface area (Å²) in [6.45, 7) is 2.07. The molecule has 0 aromatic heterocycles. The van der Waals surface area contributed by atoms with Crippen LogP contribution < -0.4 is 5.32 Å². The maximum Gasteiger partial charge on any atom is 0.230 e. The fraction of sp³-hybridized carbons (Fsp3) is 0.316. The number of aryl methyl sites for hydroxylation is 1. The van der Waals surface area contributed by atoms with Gasteiger partial charge in [0.05, 0.1) is 5.75 Å². The highest BCUT2D eigenvalue weighted by Gasteiger charge is 2.07. The summed E-state index contributed by atoms with van der Waals surface area (Å²) in [5, 5.41) is 3.08. The Labute approximate surface area is 137 Å². The Bertz CT molecular complexity index is 556. The van der Waals surface area contributed by atoms with Crippen molar-refractivity contribution in [3.8, 4) is 0 Å². The van der Waals surface area contributed by atoms with Gasteiger partial charge in [-0.15, -0.1) is 11.8 Å². The minimum absolute atomic E-state index is 0.126. The average molecular weight is 313 g/mol. The van der Waals surface area contributed by atoms with Gasteiger partial charge in [0, 0.05) is 11.8 Å². The highest BCUT2D eigenvalue weighted by Crippen LogP contribution is 2.11. The van der Waals surface area contributed by atoms with E-state index in [1.165, 1.54) is 11.1 Å². The second-order valence-corrected chi connectivity index (χ2v) is 6.46. The number of carbonyl (C=O) groups is 1. The molecule has 0 heterocycles. The van der Waals surface area contributed by atoms with Crippen LogP contribution in [0.25, 0.3) is 0 Å². The highest BCUT2D eigenvalue weighted by atomic mass is 32.2. The number of hydrogen-bond donors (Lipinski definition) is 1. The largest absolute Gasteiger partial charge is 0.353 e. The van der Waals surface area contributed by atoms with E-state index in [9.17, 15) is 4.79 Å². The van der Waals surface area contributed by atoms with E-state index >= 15 is 0 Å². The van der Waals surface area contributed by atoms with Gasteiger partial charge in [0.15, 0.2) is 0 Å². The van der Waals surface area contributed by atoms with E-state index in [1.807, 2.05) is 24.3 Å². The molecule has 1 atom stereocenters. The Morgan fingerprint density at radius 2 is 1.59 bits per heavy atom. The first-order chi connectivity index (χ1) is 10.7.